The van der Waals surface area contributed by atoms with Crippen LogP contribution in [0.25, 0.3) is 0 Å². The van der Waals surface area contributed by atoms with E-state index in [-0.39, 0.29) is 17.9 Å². The molecule has 1 unspecified atom stereocenters. The summed E-state index contributed by atoms with van der Waals surface area (Å²) in [4.78, 5) is 31.0. The lowest BCUT2D eigenvalue weighted by Crippen LogP contribution is -2.53. The largest absolute Gasteiger partial charge is 0.490 e. The van der Waals surface area contributed by atoms with Crippen LogP contribution in [0.15, 0.2) is 18.2 Å². The summed E-state index contributed by atoms with van der Waals surface area (Å²) in [5, 5.41) is 0. The van der Waals surface area contributed by atoms with Gasteiger partial charge >= 0.3 is 0 Å². The van der Waals surface area contributed by atoms with Crippen LogP contribution in [0.1, 0.15) is 30.6 Å². The molecule has 2 heterocycles. The molecule has 0 radical (unpaired) electrons. The third kappa shape index (κ3) is 4.18. The van der Waals surface area contributed by atoms with Crippen LogP contribution in [0.5, 0.6) is 11.5 Å². The highest BCUT2D eigenvalue weighted by atomic mass is 16.5. The maximum atomic E-state index is 12.9. The minimum atomic E-state index is -0.0257. The zero-order valence-corrected chi connectivity index (χ0v) is 16.4. The normalized spacial score (nSPS) is 20.9. The number of benzene rings is 1. The second kappa shape index (κ2) is 8.61. The fourth-order valence-corrected chi connectivity index (χ4v) is 3.75. The van der Waals surface area contributed by atoms with Gasteiger partial charge in [0, 0.05) is 45.3 Å². The number of carbonyl (C=O) groups is 2. The van der Waals surface area contributed by atoms with Gasteiger partial charge in [-0.1, -0.05) is 0 Å². The smallest absolute Gasteiger partial charge is 0.254 e. The molecule has 1 aromatic rings. The Morgan fingerprint density at radius 3 is 2.30 bits per heavy atom. The molecule has 7 heteroatoms. The molecule has 0 aliphatic carbocycles. The maximum absolute atomic E-state index is 12.9. The van der Waals surface area contributed by atoms with Gasteiger partial charge in [0.25, 0.3) is 5.91 Å². The number of likely N-dealkylation sites (tertiary alicyclic amines) is 1. The standard InChI is InChI=1S/C20H29N3O4/c1-4-26-17-7-6-15(14-18(17)27-5-2)19(24)23-12-10-22(11-13-23)16-8-9-21(3)20(16)25/h6-7,14,16H,4-5,8-13H2,1-3H3. The Hall–Kier alpha value is -2.28. The van der Waals surface area contributed by atoms with Crippen LogP contribution >= 0.6 is 0 Å². The van der Waals surface area contributed by atoms with Crippen molar-refractivity contribution in [1.82, 2.24) is 14.7 Å². The molecular formula is C20H29N3O4. The molecule has 0 N–H and O–H groups in total. The Labute approximate surface area is 160 Å². The number of ether oxygens (including phenoxy) is 2. The first-order valence-corrected chi connectivity index (χ1v) is 9.73. The van der Waals surface area contributed by atoms with Crippen molar-refractivity contribution in [2.45, 2.75) is 26.3 Å². The van der Waals surface area contributed by atoms with Crippen LogP contribution in [0.2, 0.25) is 0 Å². The van der Waals surface area contributed by atoms with Crippen LogP contribution in [0.4, 0.5) is 0 Å². The van der Waals surface area contributed by atoms with E-state index in [4.69, 9.17) is 9.47 Å². The van der Waals surface area contributed by atoms with E-state index < -0.39 is 0 Å². The molecule has 2 aliphatic heterocycles. The van der Waals surface area contributed by atoms with Gasteiger partial charge in [0.1, 0.15) is 0 Å². The molecule has 2 aliphatic rings. The Bertz CT molecular complexity index is 686. The summed E-state index contributed by atoms with van der Waals surface area (Å²) < 4.78 is 11.2. The van der Waals surface area contributed by atoms with Gasteiger partial charge in [0.15, 0.2) is 11.5 Å². The molecule has 0 aromatic heterocycles. The van der Waals surface area contributed by atoms with E-state index in [1.807, 2.05) is 25.8 Å². The summed E-state index contributed by atoms with van der Waals surface area (Å²) in [5.41, 5.74) is 0.604. The van der Waals surface area contributed by atoms with E-state index in [0.29, 0.717) is 43.4 Å². The first-order chi connectivity index (χ1) is 13.0. The van der Waals surface area contributed by atoms with Crippen molar-refractivity contribution >= 4 is 11.8 Å². The second-order valence-corrected chi connectivity index (χ2v) is 6.92. The van der Waals surface area contributed by atoms with Crippen LogP contribution in [0, 0.1) is 0 Å². The van der Waals surface area contributed by atoms with E-state index in [1.54, 1.807) is 23.1 Å². The summed E-state index contributed by atoms with van der Waals surface area (Å²) in [7, 11) is 1.85. The Kier molecular flexibility index (Phi) is 6.21. The summed E-state index contributed by atoms with van der Waals surface area (Å²) in [5.74, 6) is 1.45. The van der Waals surface area contributed by atoms with E-state index in [2.05, 4.69) is 4.90 Å². The molecule has 7 nitrogen and oxygen atoms in total. The fourth-order valence-electron chi connectivity index (χ4n) is 3.75. The van der Waals surface area contributed by atoms with Gasteiger partial charge < -0.3 is 19.3 Å². The molecule has 1 atom stereocenters. The van der Waals surface area contributed by atoms with Crippen molar-refractivity contribution in [3.8, 4) is 11.5 Å². The van der Waals surface area contributed by atoms with Gasteiger partial charge in [0.05, 0.1) is 19.3 Å². The summed E-state index contributed by atoms with van der Waals surface area (Å²) in [6, 6.07) is 5.32. The molecule has 0 saturated carbocycles. The van der Waals surface area contributed by atoms with Crippen LogP contribution in [-0.2, 0) is 4.79 Å². The minimum absolute atomic E-state index is 0.00600. The third-order valence-corrected chi connectivity index (χ3v) is 5.23. The molecular weight excluding hydrogens is 346 g/mol. The number of piperazine rings is 1. The second-order valence-electron chi connectivity index (χ2n) is 6.92. The van der Waals surface area contributed by atoms with E-state index in [1.165, 1.54) is 0 Å². The number of amides is 2. The number of hydrogen-bond acceptors (Lipinski definition) is 5. The Morgan fingerprint density at radius 1 is 1.04 bits per heavy atom. The van der Waals surface area contributed by atoms with E-state index in [0.717, 1.165) is 26.1 Å². The topological polar surface area (TPSA) is 62.3 Å². The summed E-state index contributed by atoms with van der Waals surface area (Å²) in [6.07, 6.45) is 0.875. The summed E-state index contributed by atoms with van der Waals surface area (Å²) >= 11 is 0. The highest BCUT2D eigenvalue weighted by Crippen LogP contribution is 2.29. The zero-order valence-electron chi connectivity index (χ0n) is 16.4. The predicted molar refractivity (Wildman–Crippen MR) is 102 cm³/mol. The third-order valence-electron chi connectivity index (χ3n) is 5.23. The minimum Gasteiger partial charge on any atom is -0.490 e. The van der Waals surface area contributed by atoms with E-state index >= 15 is 0 Å². The average Bonchev–Trinajstić information content (AvgIpc) is 3.02. The Balaban J connectivity index is 1.63. The SMILES string of the molecule is CCOc1ccc(C(=O)N2CCN(C3CCN(C)C3=O)CC2)cc1OCC. The predicted octanol–water partition coefficient (Wildman–Crippen LogP) is 1.47. The quantitative estimate of drug-likeness (QED) is 0.754. The van der Waals surface area contributed by atoms with Gasteiger partial charge in [-0.2, -0.15) is 0 Å². The highest BCUT2D eigenvalue weighted by Gasteiger charge is 2.36. The van der Waals surface area contributed by atoms with Gasteiger partial charge in [-0.25, -0.2) is 0 Å². The number of likely N-dealkylation sites (N-methyl/N-ethyl adjacent to an activating group) is 1. The number of hydrogen-bond donors (Lipinski definition) is 0. The van der Waals surface area contributed by atoms with E-state index in [9.17, 15) is 9.59 Å². The van der Waals surface area contributed by atoms with Crippen molar-refractivity contribution in [2.24, 2.45) is 0 Å². The van der Waals surface area contributed by atoms with Crippen molar-refractivity contribution in [3.63, 3.8) is 0 Å². The van der Waals surface area contributed by atoms with Crippen molar-refractivity contribution < 1.29 is 19.1 Å². The van der Waals surface area contributed by atoms with Crippen LogP contribution < -0.4 is 9.47 Å². The number of carbonyl (C=O) groups excluding carboxylic acids is 2. The molecule has 0 bridgehead atoms. The fraction of sp³-hybridized carbons (Fsp3) is 0.600. The number of rotatable bonds is 6. The van der Waals surface area contributed by atoms with Crippen molar-refractivity contribution in [2.75, 3.05) is 53.0 Å². The first kappa shape index (κ1) is 19.5. The molecule has 3 rings (SSSR count). The van der Waals surface area contributed by atoms with Crippen molar-refractivity contribution in [3.05, 3.63) is 23.8 Å². The molecule has 2 fully saturated rings. The number of nitrogens with zero attached hydrogens (tertiary/aromatic N) is 3. The first-order valence-electron chi connectivity index (χ1n) is 9.73. The van der Waals surface area contributed by atoms with Gasteiger partial charge in [0.2, 0.25) is 5.91 Å². The lowest BCUT2D eigenvalue weighted by Gasteiger charge is -2.37. The average molecular weight is 375 g/mol. The monoisotopic (exact) mass is 375 g/mol. The molecule has 0 spiro atoms. The Morgan fingerprint density at radius 2 is 1.70 bits per heavy atom. The van der Waals surface area contributed by atoms with Gasteiger partial charge in [-0.15, -0.1) is 0 Å². The molecule has 27 heavy (non-hydrogen) atoms. The lowest BCUT2D eigenvalue weighted by molar-refractivity contribution is -0.131. The van der Waals surface area contributed by atoms with Crippen LogP contribution in [0.3, 0.4) is 0 Å². The van der Waals surface area contributed by atoms with Crippen LogP contribution in [-0.4, -0.2) is 85.5 Å². The van der Waals surface area contributed by atoms with Gasteiger partial charge in [-0.05, 0) is 38.5 Å². The zero-order chi connectivity index (χ0) is 19.4. The summed E-state index contributed by atoms with van der Waals surface area (Å²) in [6.45, 7) is 8.41. The molecule has 148 valence electrons. The van der Waals surface area contributed by atoms with Crippen molar-refractivity contribution in [1.29, 1.82) is 0 Å². The molecule has 1 aromatic carbocycles. The molecule has 2 amide bonds. The lowest BCUT2D eigenvalue weighted by atomic mass is 10.1. The highest BCUT2D eigenvalue weighted by molar-refractivity contribution is 5.95. The maximum Gasteiger partial charge on any atom is 0.254 e. The molecule has 2 saturated heterocycles. The van der Waals surface area contributed by atoms with Gasteiger partial charge in [-0.3, -0.25) is 14.5 Å².